The van der Waals surface area contributed by atoms with E-state index in [9.17, 15) is 0 Å². The molecule has 0 radical (unpaired) electrons. The summed E-state index contributed by atoms with van der Waals surface area (Å²) in [5, 5.41) is 0. The van der Waals surface area contributed by atoms with Crippen LogP contribution in [0.2, 0.25) is 0 Å². The Morgan fingerprint density at radius 1 is 1.12 bits per heavy atom. The van der Waals surface area contributed by atoms with E-state index in [-0.39, 0.29) is 11.5 Å². The maximum atomic E-state index is 6.25. The van der Waals surface area contributed by atoms with Crippen LogP contribution in [0, 0.1) is 11.3 Å². The van der Waals surface area contributed by atoms with Crippen molar-refractivity contribution in [2.45, 2.75) is 70.9 Å². The number of hydrogen-bond acceptors (Lipinski definition) is 2. The summed E-state index contributed by atoms with van der Waals surface area (Å²) in [6.07, 6.45) is 9.64. The number of hydrogen-bond donors (Lipinski definition) is 1. The molecule has 0 aromatic rings. The third kappa shape index (κ3) is 2.78. The Bertz CT molecular complexity index is 221. The zero-order chi connectivity index (χ0) is 11.6. The molecule has 2 unspecified atom stereocenters. The highest BCUT2D eigenvalue weighted by Crippen LogP contribution is 2.38. The predicted octanol–water partition coefficient (Wildman–Crippen LogP) is 3.10. The van der Waals surface area contributed by atoms with Crippen molar-refractivity contribution < 1.29 is 4.74 Å². The first-order valence-corrected chi connectivity index (χ1v) is 6.97. The molecule has 2 aliphatic rings. The SMILES string of the molecule is CC1(C)CCC(OCC2CCCCC2)C1N. The zero-order valence-corrected chi connectivity index (χ0v) is 10.9. The van der Waals surface area contributed by atoms with Crippen molar-refractivity contribution in [3.05, 3.63) is 0 Å². The Hall–Kier alpha value is -0.0800. The minimum atomic E-state index is 0.232. The summed E-state index contributed by atoms with van der Waals surface area (Å²) in [5.41, 5.74) is 6.52. The first kappa shape index (κ1) is 12.4. The van der Waals surface area contributed by atoms with Gasteiger partial charge in [0.2, 0.25) is 0 Å². The average Bonchev–Trinajstić information content (AvgIpc) is 2.54. The monoisotopic (exact) mass is 225 g/mol. The van der Waals surface area contributed by atoms with Gasteiger partial charge in [-0.05, 0) is 37.0 Å². The number of rotatable bonds is 3. The largest absolute Gasteiger partial charge is 0.376 e. The molecule has 2 nitrogen and oxygen atoms in total. The molecule has 2 N–H and O–H groups in total. The molecular formula is C14H27NO. The Labute approximate surface area is 99.9 Å². The summed E-state index contributed by atoms with van der Waals surface area (Å²) in [5.74, 6) is 0.810. The molecule has 16 heavy (non-hydrogen) atoms. The van der Waals surface area contributed by atoms with Crippen LogP contribution < -0.4 is 5.73 Å². The lowest BCUT2D eigenvalue weighted by Crippen LogP contribution is -2.41. The molecule has 2 heteroatoms. The molecule has 0 bridgehead atoms. The minimum absolute atomic E-state index is 0.232. The maximum absolute atomic E-state index is 6.25. The highest BCUT2D eigenvalue weighted by Gasteiger charge is 2.40. The molecule has 2 aliphatic carbocycles. The standard InChI is InChI=1S/C14H27NO/c1-14(2)9-8-12(13(14)15)16-10-11-6-4-3-5-7-11/h11-13H,3-10,15H2,1-2H3. The molecule has 0 amide bonds. The van der Waals surface area contributed by atoms with Crippen molar-refractivity contribution in [1.29, 1.82) is 0 Å². The van der Waals surface area contributed by atoms with Crippen LogP contribution >= 0.6 is 0 Å². The van der Waals surface area contributed by atoms with Gasteiger partial charge in [-0.3, -0.25) is 0 Å². The van der Waals surface area contributed by atoms with E-state index in [1.807, 2.05) is 0 Å². The summed E-state index contributed by atoms with van der Waals surface area (Å²) in [6.45, 7) is 5.48. The second kappa shape index (κ2) is 5.05. The highest BCUT2D eigenvalue weighted by atomic mass is 16.5. The minimum Gasteiger partial charge on any atom is -0.376 e. The third-order valence-electron chi connectivity index (χ3n) is 4.65. The van der Waals surface area contributed by atoms with Gasteiger partial charge in [0.15, 0.2) is 0 Å². The summed E-state index contributed by atoms with van der Waals surface area (Å²) in [4.78, 5) is 0. The fourth-order valence-electron chi connectivity index (χ4n) is 3.16. The van der Waals surface area contributed by atoms with Crippen LogP contribution in [-0.2, 0) is 4.74 Å². The zero-order valence-electron chi connectivity index (χ0n) is 10.9. The van der Waals surface area contributed by atoms with E-state index in [0.29, 0.717) is 6.10 Å². The smallest absolute Gasteiger partial charge is 0.0731 e. The molecule has 2 saturated carbocycles. The Kier molecular flexibility index (Phi) is 3.91. The fourth-order valence-corrected chi connectivity index (χ4v) is 3.16. The highest BCUT2D eigenvalue weighted by molar-refractivity contribution is 4.95. The van der Waals surface area contributed by atoms with E-state index < -0.39 is 0 Å². The molecule has 2 fully saturated rings. The second-order valence-corrected chi connectivity index (χ2v) is 6.43. The molecule has 0 spiro atoms. The third-order valence-corrected chi connectivity index (χ3v) is 4.65. The lowest BCUT2D eigenvalue weighted by Gasteiger charge is -2.28. The molecule has 2 rings (SSSR count). The molecular weight excluding hydrogens is 198 g/mol. The van der Waals surface area contributed by atoms with Crippen LogP contribution in [0.5, 0.6) is 0 Å². The first-order valence-electron chi connectivity index (χ1n) is 6.97. The van der Waals surface area contributed by atoms with Crippen molar-refractivity contribution >= 4 is 0 Å². The van der Waals surface area contributed by atoms with Gasteiger partial charge in [-0.1, -0.05) is 33.1 Å². The van der Waals surface area contributed by atoms with Crippen molar-refractivity contribution in [2.24, 2.45) is 17.1 Å². The Morgan fingerprint density at radius 3 is 2.38 bits per heavy atom. The van der Waals surface area contributed by atoms with Crippen LogP contribution in [-0.4, -0.2) is 18.8 Å². The van der Waals surface area contributed by atoms with Crippen molar-refractivity contribution in [2.75, 3.05) is 6.61 Å². The van der Waals surface area contributed by atoms with Crippen LogP contribution in [0.4, 0.5) is 0 Å². The number of nitrogens with two attached hydrogens (primary N) is 1. The Morgan fingerprint density at radius 2 is 1.81 bits per heavy atom. The molecule has 0 aliphatic heterocycles. The normalized spacial score (nSPS) is 35.4. The van der Waals surface area contributed by atoms with E-state index in [1.54, 1.807) is 0 Å². The lowest BCUT2D eigenvalue weighted by molar-refractivity contribution is 0.00900. The van der Waals surface area contributed by atoms with Crippen molar-refractivity contribution in [3.8, 4) is 0 Å². The quantitative estimate of drug-likeness (QED) is 0.801. The van der Waals surface area contributed by atoms with Crippen LogP contribution in [0.3, 0.4) is 0 Å². The predicted molar refractivity (Wildman–Crippen MR) is 67.3 cm³/mol. The summed E-state index contributed by atoms with van der Waals surface area (Å²) in [6, 6.07) is 0.232. The molecule has 2 atom stereocenters. The fraction of sp³-hybridized carbons (Fsp3) is 1.00. The van der Waals surface area contributed by atoms with E-state index in [1.165, 1.54) is 38.5 Å². The van der Waals surface area contributed by atoms with Crippen LogP contribution in [0.25, 0.3) is 0 Å². The van der Waals surface area contributed by atoms with Gasteiger partial charge in [0.1, 0.15) is 0 Å². The maximum Gasteiger partial charge on any atom is 0.0731 e. The van der Waals surface area contributed by atoms with E-state index >= 15 is 0 Å². The van der Waals surface area contributed by atoms with Gasteiger partial charge in [-0.2, -0.15) is 0 Å². The van der Waals surface area contributed by atoms with E-state index in [2.05, 4.69) is 13.8 Å². The Balaban J connectivity index is 1.74. The van der Waals surface area contributed by atoms with Gasteiger partial charge in [0.05, 0.1) is 6.10 Å². The van der Waals surface area contributed by atoms with Gasteiger partial charge in [-0.15, -0.1) is 0 Å². The molecule has 0 aromatic carbocycles. The summed E-state index contributed by atoms with van der Waals surface area (Å²) >= 11 is 0. The van der Waals surface area contributed by atoms with Gasteiger partial charge >= 0.3 is 0 Å². The van der Waals surface area contributed by atoms with Crippen LogP contribution in [0.15, 0.2) is 0 Å². The van der Waals surface area contributed by atoms with Crippen LogP contribution in [0.1, 0.15) is 58.8 Å². The van der Waals surface area contributed by atoms with Gasteiger partial charge < -0.3 is 10.5 Å². The molecule has 0 aromatic heterocycles. The molecule has 94 valence electrons. The number of ether oxygens (including phenoxy) is 1. The second-order valence-electron chi connectivity index (χ2n) is 6.43. The first-order chi connectivity index (χ1) is 7.59. The van der Waals surface area contributed by atoms with Crippen molar-refractivity contribution in [3.63, 3.8) is 0 Å². The van der Waals surface area contributed by atoms with Gasteiger partial charge in [0.25, 0.3) is 0 Å². The average molecular weight is 225 g/mol. The summed E-state index contributed by atoms with van der Waals surface area (Å²) in [7, 11) is 0. The topological polar surface area (TPSA) is 35.2 Å². The van der Waals surface area contributed by atoms with E-state index in [4.69, 9.17) is 10.5 Å². The molecule has 0 saturated heterocycles. The van der Waals surface area contributed by atoms with Gasteiger partial charge in [-0.25, -0.2) is 0 Å². The van der Waals surface area contributed by atoms with E-state index in [0.717, 1.165) is 18.9 Å². The van der Waals surface area contributed by atoms with Gasteiger partial charge in [0, 0.05) is 12.6 Å². The summed E-state index contributed by atoms with van der Waals surface area (Å²) < 4.78 is 6.07. The lowest BCUT2D eigenvalue weighted by atomic mass is 9.87. The molecule has 0 heterocycles. The van der Waals surface area contributed by atoms with Crippen molar-refractivity contribution in [1.82, 2.24) is 0 Å².